The van der Waals surface area contributed by atoms with Gasteiger partial charge in [0, 0.05) is 5.60 Å². The van der Waals surface area contributed by atoms with E-state index in [0.717, 1.165) is 6.42 Å². The molecule has 0 N–H and O–H groups in total. The Morgan fingerprint density at radius 3 is 1.59 bits per heavy atom. The quantitative estimate of drug-likeness (QED) is 0.745. The lowest BCUT2D eigenvalue weighted by Gasteiger charge is -2.42. The van der Waals surface area contributed by atoms with Crippen LogP contribution in [0.25, 0.3) is 0 Å². The lowest BCUT2D eigenvalue weighted by Crippen LogP contribution is -2.65. The summed E-state index contributed by atoms with van der Waals surface area (Å²) in [5.74, 6) is 0. The van der Waals surface area contributed by atoms with Gasteiger partial charge in [-0.05, 0) is 36.7 Å². The molecule has 22 heavy (non-hydrogen) atoms. The zero-order chi connectivity index (χ0) is 16.2. The van der Waals surface area contributed by atoms with Gasteiger partial charge in [0.05, 0.1) is 0 Å². The molecule has 1 unspecified atom stereocenters. The molecule has 1 atom stereocenters. The maximum Gasteiger partial charge on any atom is 0.259 e. The van der Waals surface area contributed by atoms with E-state index in [-0.39, 0.29) is 5.60 Å². The Morgan fingerprint density at radius 2 is 1.27 bits per heavy atom. The Morgan fingerprint density at radius 1 is 0.864 bits per heavy atom. The average molecular weight is 313 g/mol. The van der Waals surface area contributed by atoms with Crippen molar-refractivity contribution in [2.75, 3.05) is 0 Å². The molecule has 1 nitrogen and oxygen atoms in total. The third-order valence-corrected chi connectivity index (χ3v) is 9.29. The minimum atomic E-state index is -2.29. The number of rotatable bonds is 5. The molecule has 0 aliphatic rings. The summed E-state index contributed by atoms with van der Waals surface area (Å²) in [5, 5.41) is 2.73. The van der Waals surface area contributed by atoms with Crippen molar-refractivity contribution in [3.05, 3.63) is 60.7 Å². The van der Waals surface area contributed by atoms with Crippen molar-refractivity contribution in [3.8, 4) is 0 Å². The van der Waals surface area contributed by atoms with Crippen LogP contribution in [-0.2, 0) is 4.43 Å². The first-order valence-corrected chi connectivity index (χ1v) is 10.2. The van der Waals surface area contributed by atoms with E-state index in [0.29, 0.717) is 5.54 Å². The number of hydrogen-bond acceptors (Lipinski definition) is 1. The van der Waals surface area contributed by atoms with Gasteiger partial charge in [-0.1, -0.05) is 80.9 Å². The van der Waals surface area contributed by atoms with Crippen LogP contribution >= 0.6 is 0 Å². The second-order valence-corrected chi connectivity index (χ2v) is 10.8. The van der Waals surface area contributed by atoms with Crippen molar-refractivity contribution in [1.29, 1.82) is 0 Å². The van der Waals surface area contributed by atoms with Crippen molar-refractivity contribution >= 4 is 18.7 Å². The Bertz CT molecular complexity index is 532. The average Bonchev–Trinajstić information content (AvgIpc) is 2.52. The molecule has 0 radical (unpaired) electrons. The maximum atomic E-state index is 6.89. The third-order valence-electron chi connectivity index (χ3n) is 4.18. The van der Waals surface area contributed by atoms with Crippen molar-refractivity contribution in [2.45, 2.75) is 52.2 Å². The molecule has 0 saturated carbocycles. The normalized spacial score (nSPS) is 13.9. The summed E-state index contributed by atoms with van der Waals surface area (Å²) in [7, 11) is -2.29. The Labute approximate surface area is 136 Å². The molecule has 0 aromatic heterocycles. The second kappa shape index (κ2) is 6.80. The molecule has 118 valence electrons. The van der Waals surface area contributed by atoms with Crippen molar-refractivity contribution < 1.29 is 4.43 Å². The van der Waals surface area contributed by atoms with Gasteiger partial charge in [0.15, 0.2) is 0 Å². The molecule has 0 heterocycles. The van der Waals surface area contributed by atoms with Crippen molar-refractivity contribution in [1.82, 2.24) is 0 Å². The van der Waals surface area contributed by atoms with Crippen LogP contribution < -0.4 is 10.4 Å². The van der Waals surface area contributed by atoms with E-state index in [1.807, 2.05) is 0 Å². The van der Waals surface area contributed by atoms with Crippen LogP contribution in [0.1, 0.15) is 41.0 Å². The van der Waals surface area contributed by atoms with Crippen LogP contribution in [0.15, 0.2) is 60.7 Å². The topological polar surface area (TPSA) is 9.23 Å². The van der Waals surface area contributed by atoms with Gasteiger partial charge in [-0.15, -0.1) is 0 Å². The Hall–Kier alpha value is -1.38. The summed E-state index contributed by atoms with van der Waals surface area (Å²) in [6.07, 6.45) is 1.12. The molecule has 2 aromatic rings. The highest BCUT2D eigenvalue weighted by Gasteiger charge is 2.46. The molecular weight excluding hydrogens is 284 g/mol. The lowest BCUT2D eigenvalue weighted by molar-refractivity contribution is 0.122. The smallest absolute Gasteiger partial charge is 0.259 e. The van der Waals surface area contributed by atoms with Gasteiger partial charge in [0.2, 0.25) is 0 Å². The predicted octanol–water partition coefficient (Wildman–Crippen LogP) is 4.36. The maximum absolute atomic E-state index is 6.89. The first-order chi connectivity index (χ1) is 10.4. The van der Waals surface area contributed by atoms with E-state index >= 15 is 0 Å². The molecule has 0 spiro atoms. The van der Waals surface area contributed by atoms with E-state index < -0.39 is 8.32 Å². The molecule has 0 aliphatic heterocycles. The van der Waals surface area contributed by atoms with Crippen LogP contribution in [0.5, 0.6) is 0 Å². The molecule has 0 fully saturated rings. The summed E-state index contributed by atoms with van der Waals surface area (Å²) in [6.45, 7) is 11.1. The standard InChI is InChI=1S/C20H28OSi/c1-6-17(2)22(21-20(3,4)5,18-13-9-7-10-14-18)19-15-11-8-12-16-19/h7-17H,6H2,1-5H3. The summed E-state index contributed by atoms with van der Waals surface area (Å²) in [5.41, 5.74) is 0.345. The molecule has 0 aliphatic carbocycles. The fraction of sp³-hybridized carbons (Fsp3) is 0.400. The highest BCUT2D eigenvalue weighted by Crippen LogP contribution is 2.30. The number of hydrogen-bond donors (Lipinski definition) is 0. The monoisotopic (exact) mass is 312 g/mol. The lowest BCUT2D eigenvalue weighted by atomic mass is 10.2. The van der Waals surface area contributed by atoms with Crippen LogP contribution in [0.3, 0.4) is 0 Å². The van der Waals surface area contributed by atoms with Crippen LogP contribution in [0.2, 0.25) is 5.54 Å². The molecule has 0 amide bonds. The highest BCUT2D eigenvalue weighted by atomic mass is 28.4. The molecule has 0 saturated heterocycles. The van der Waals surface area contributed by atoms with E-state index in [1.54, 1.807) is 0 Å². The van der Waals surface area contributed by atoms with E-state index in [9.17, 15) is 0 Å². The zero-order valence-electron chi connectivity index (χ0n) is 14.5. The van der Waals surface area contributed by atoms with Crippen LogP contribution in [0.4, 0.5) is 0 Å². The number of benzene rings is 2. The van der Waals surface area contributed by atoms with Gasteiger partial charge in [0.1, 0.15) is 0 Å². The fourth-order valence-electron chi connectivity index (χ4n) is 3.10. The Balaban J connectivity index is 2.69. The minimum absolute atomic E-state index is 0.165. The van der Waals surface area contributed by atoms with Gasteiger partial charge < -0.3 is 4.43 Å². The summed E-state index contributed by atoms with van der Waals surface area (Å²) >= 11 is 0. The van der Waals surface area contributed by atoms with Gasteiger partial charge in [-0.3, -0.25) is 0 Å². The molecule has 0 bridgehead atoms. The van der Waals surface area contributed by atoms with Gasteiger partial charge in [-0.2, -0.15) is 0 Å². The highest BCUT2D eigenvalue weighted by molar-refractivity contribution is 6.98. The van der Waals surface area contributed by atoms with E-state index in [2.05, 4.69) is 95.3 Å². The summed E-state index contributed by atoms with van der Waals surface area (Å²) in [6, 6.07) is 21.7. The summed E-state index contributed by atoms with van der Waals surface area (Å²) < 4.78 is 6.89. The van der Waals surface area contributed by atoms with Gasteiger partial charge in [0.25, 0.3) is 8.32 Å². The van der Waals surface area contributed by atoms with E-state index in [4.69, 9.17) is 4.43 Å². The van der Waals surface area contributed by atoms with Crippen molar-refractivity contribution in [2.24, 2.45) is 0 Å². The molecular formula is C20H28OSi. The van der Waals surface area contributed by atoms with Crippen LogP contribution in [-0.4, -0.2) is 13.9 Å². The zero-order valence-corrected chi connectivity index (χ0v) is 15.5. The summed E-state index contributed by atoms with van der Waals surface area (Å²) in [4.78, 5) is 0. The fourth-order valence-corrected chi connectivity index (χ4v) is 7.92. The molecule has 2 aromatic carbocycles. The third kappa shape index (κ3) is 3.50. The van der Waals surface area contributed by atoms with E-state index in [1.165, 1.54) is 10.4 Å². The van der Waals surface area contributed by atoms with Gasteiger partial charge in [-0.25, -0.2) is 0 Å². The van der Waals surface area contributed by atoms with Gasteiger partial charge >= 0.3 is 0 Å². The predicted molar refractivity (Wildman–Crippen MR) is 98.5 cm³/mol. The van der Waals surface area contributed by atoms with Crippen LogP contribution in [0, 0.1) is 0 Å². The second-order valence-electron chi connectivity index (χ2n) is 6.99. The SMILES string of the molecule is CCC(C)[Si](OC(C)(C)C)(c1ccccc1)c1ccccc1. The first-order valence-electron chi connectivity index (χ1n) is 8.21. The molecule has 2 rings (SSSR count). The van der Waals surface area contributed by atoms with Crippen molar-refractivity contribution in [3.63, 3.8) is 0 Å². The minimum Gasteiger partial charge on any atom is -0.403 e. The largest absolute Gasteiger partial charge is 0.403 e. The molecule has 2 heteroatoms. The Kier molecular flexibility index (Phi) is 5.25. The first kappa shape index (κ1) is 17.0.